The summed E-state index contributed by atoms with van der Waals surface area (Å²) in [6, 6.07) is 0. The Kier molecular flexibility index (Phi) is 2.73. The summed E-state index contributed by atoms with van der Waals surface area (Å²) in [6.07, 6.45) is 1.77. The molecule has 82 valence electrons. The second kappa shape index (κ2) is 4.02. The molecule has 15 heavy (non-hydrogen) atoms. The zero-order valence-corrected chi connectivity index (χ0v) is 9.06. The molecular formula is C10H15N3O2. The minimum Gasteiger partial charge on any atom is -0.378 e. The zero-order chi connectivity index (χ0) is 10.8. The molecule has 0 unspecified atom stereocenters. The molecule has 0 saturated carbocycles. The molecule has 0 bridgehead atoms. The molecule has 1 saturated heterocycles. The van der Waals surface area contributed by atoms with Crippen molar-refractivity contribution in [3.05, 3.63) is 17.7 Å². The second-order valence-electron chi connectivity index (χ2n) is 3.69. The monoisotopic (exact) mass is 209 g/mol. The molecule has 5 nitrogen and oxygen atoms in total. The van der Waals surface area contributed by atoms with Gasteiger partial charge in [-0.15, -0.1) is 0 Å². The first-order valence-electron chi connectivity index (χ1n) is 5.05. The van der Waals surface area contributed by atoms with Crippen molar-refractivity contribution >= 4 is 5.91 Å². The van der Waals surface area contributed by atoms with E-state index in [9.17, 15) is 4.79 Å². The van der Waals surface area contributed by atoms with Crippen LogP contribution in [0.2, 0.25) is 0 Å². The van der Waals surface area contributed by atoms with Crippen LogP contribution in [0, 0.1) is 6.92 Å². The Morgan fingerprint density at radius 1 is 1.47 bits per heavy atom. The van der Waals surface area contributed by atoms with Gasteiger partial charge in [0.15, 0.2) is 0 Å². The first-order chi connectivity index (χ1) is 7.18. The van der Waals surface area contributed by atoms with Gasteiger partial charge in [-0.2, -0.15) is 0 Å². The summed E-state index contributed by atoms with van der Waals surface area (Å²) in [5.41, 5.74) is 0.525. The van der Waals surface area contributed by atoms with E-state index in [2.05, 4.69) is 4.98 Å². The van der Waals surface area contributed by atoms with Crippen LogP contribution in [0.25, 0.3) is 0 Å². The third-order valence-electron chi connectivity index (χ3n) is 2.63. The number of rotatable bonds is 1. The Balaban J connectivity index is 2.12. The van der Waals surface area contributed by atoms with E-state index in [1.165, 1.54) is 0 Å². The highest BCUT2D eigenvalue weighted by Crippen LogP contribution is 2.06. The van der Waals surface area contributed by atoms with Gasteiger partial charge >= 0.3 is 0 Å². The molecule has 1 amide bonds. The number of carbonyl (C=O) groups is 1. The Morgan fingerprint density at radius 3 is 2.67 bits per heavy atom. The average molecular weight is 209 g/mol. The number of carbonyl (C=O) groups excluding carboxylic acids is 1. The number of nitrogens with zero attached hydrogens (tertiary/aromatic N) is 3. The lowest BCUT2D eigenvalue weighted by Crippen LogP contribution is -2.40. The van der Waals surface area contributed by atoms with Gasteiger partial charge in [0.25, 0.3) is 5.91 Å². The van der Waals surface area contributed by atoms with Gasteiger partial charge in [-0.25, -0.2) is 4.98 Å². The predicted octanol–water partition coefficient (Wildman–Crippen LogP) is 0.201. The maximum absolute atomic E-state index is 12.0. The van der Waals surface area contributed by atoms with Gasteiger partial charge in [-0.3, -0.25) is 4.79 Å². The molecule has 1 aromatic rings. The Morgan fingerprint density at radius 2 is 2.13 bits per heavy atom. The van der Waals surface area contributed by atoms with Crippen LogP contribution in [0.5, 0.6) is 0 Å². The Bertz CT molecular complexity index is 347. The summed E-state index contributed by atoms with van der Waals surface area (Å²) in [4.78, 5) is 18.0. The molecule has 0 atom stereocenters. The number of aromatic nitrogens is 2. The Hall–Kier alpha value is -1.36. The highest BCUT2D eigenvalue weighted by Gasteiger charge is 2.20. The third-order valence-corrected chi connectivity index (χ3v) is 2.63. The lowest BCUT2D eigenvalue weighted by molar-refractivity contribution is 0.0299. The van der Waals surface area contributed by atoms with Crippen LogP contribution in [0.4, 0.5) is 0 Å². The van der Waals surface area contributed by atoms with Crippen molar-refractivity contribution in [3.8, 4) is 0 Å². The van der Waals surface area contributed by atoms with Crippen LogP contribution in [0.1, 0.15) is 16.3 Å². The fraction of sp³-hybridized carbons (Fsp3) is 0.600. The molecule has 5 heteroatoms. The van der Waals surface area contributed by atoms with Gasteiger partial charge in [0.2, 0.25) is 0 Å². The highest BCUT2D eigenvalue weighted by atomic mass is 16.5. The lowest BCUT2D eigenvalue weighted by Gasteiger charge is -2.25. The van der Waals surface area contributed by atoms with Gasteiger partial charge in [0, 0.05) is 26.3 Å². The smallest absolute Gasteiger partial charge is 0.274 e. The molecule has 0 N–H and O–H groups in total. The summed E-state index contributed by atoms with van der Waals surface area (Å²) in [5, 5.41) is 0. The summed E-state index contributed by atoms with van der Waals surface area (Å²) >= 11 is 0. The predicted molar refractivity (Wildman–Crippen MR) is 54.7 cm³/mol. The minimum atomic E-state index is 0.00185. The second-order valence-corrected chi connectivity index (χ2v) is 3.69. The molecular weight excluding hydrogens is 194 g/mol. The third kappa shape index (κ3) is 2.02. The normalized spacial score (nSPS) is 16.8. The molecule has 0 aromatic carbocycles. The van der Waals surface area contributed by atoms with E-state index in [1.54, 1.807) is 11.1 Å². The molecule has 0 radical (unpaired) electrons. The van der Waals surface area contributed by atoms with Crippen LogP contribution >= 0.6 is 0 Å². The summed E-state index contributed by atoms with van der Waals surface area (Å²) in [7, 11) is 1.89. The van der Waals surface area contributed by atoms with E-state index in [-0.39, 0.29) is 5.91 Å². The van der Waals surface area contributed by atoms with Gasteiger partial charge in [0.05, 0.1) is 13.2 Å². The van der Waals surface area contributed by atoms with Crippen molar-refractivity contribution < 1.29 is 9.53 Å². The summed E-state index contributed by atoms with van der Waals surface area (Å²) < 4.78 is 7.05. The quantitative estimate of drug-likeness (QED) is 0.664. The SMILES string of the molecule is Cc1nc(C(=O)N2CCOCC2)cn1C. The molecule has 1 aliphatic rings. The Labute approximate surface area is 88.7 Å². The van der Waals surface area contributed by atoms with E-state index in [0.717, 1.165) is 5.82 Å². The van der Waals surface area contributed by atoms with Crippen molar-refractivity contribution in [3.63, 3.8) is 0 Å². The standard InChI is InChI=1S/C10H15N3O2/c1-8-11-9(7-12(8)2)10(14)13-3-5-15-6-4-13/h7H,3-6H2,1-2H3. The number of hydrogen-bond acceptors (Lipinski definition) is 3. The minimum absolute atomic E-state index is 0.00185. The van der Waals surface area contributed by atoms with Gasteiger partial charge in [-0.1, -0.05) is 0 Å². The molecule has 1 fully saturated rings. The molecule has 1 aromatic heterocycles. The topological polar surface area (TPSA) is 47.4 Å². The number of imidazole rings is 1. The van der Waals surface area contributed by atoms with E-state index in [1.807, 2.05) is 18.5 Å². The highest BCUT2D eigenvalue weighted by molar-refractivity contribution is 5.92. The van der Waals surface area contributed by atoms with E-state index < -0.39 is 0 Å². The maximum Gasteiger partial charge on any atom is 0.274 e. The molecule has 1 aliphatic heterocycles. The first kappa shape index (κ1) is 10.2. The molecule has 2 rings (SSSR count). The van der Waals surface area contributed by atoms with Crippen molar-refractivity contribution in [2.75, 3.05) is 26.3 Å². The fourth-order valence-electron chi connectivity index (χ4n) is 1.59. The van der Waals surface area contributed by atoms with Gasteiger partial charge < -0.3 is 14.2 Å². The largest absolute Gasteiger partial charge is 0.378 e. The lowest BCUT2D eigenvalue weighted by atomic mass is 10.3. The number of hydrogen-bond donors (Lipinski definition) is 0. The van der Waals surface area contributed by atoms with Gasteiger partial charge in [0.1, 0.15) is 11.5 Å². The fourth-order valence-corrected chi connectivity index (χ4v) is 1.59. The van der Waals surface area contributed by atoms with Crippen molar-refractivity contribution in [2.45, 2.75) is 6.92 Å². The zero-order valence-electron chi connectivity index (χ0n) is 9.06. The van der Waals surface area contributed by atoms with E-state index >= 15 is 0 Å². The summed E-state index contributed by atoms with van der Waals surface area (Å²) in [5.74, 6) is 0.855. The number of ether oxygens (including phenoxy) is 1. The van der Waals surface area contributed by atoms with Crippen LogP contribution in [-0.4, -0.2) is 46.7 Å². The number of morpholine rings is 1. The summed E-state index contributed by atoms with van der Waals surface area (Å²) in [6.45, 7) is 4.45. The van der Waals surface area contributed by atoms with Crippen LogP contribution < -0.4 is 0 Å². The van der Waals surface area contributed by atoms with E-state index in [4.69, 9.17) is 4.74 Å². The van der Waals surface area contributed by atoms with Crippen LogP contribution in [-0.2, 0) is 11.8 Å². The number of amides is 1. The molecule has 2 heterocycles. The van der Waals surface area contributed by atoms with Crippen molar-refractivity contribution in [2.24, 2.45) is 7.05 Å². The van der Waals surface area contributed by atoms with Crippen LogP contribution in [0.15, 0.2) is 6.20 Å². The van der Waals surface area contributed by atoms with Crippen molar-refractivity contribution in [1.82, 2.24) is 14.5 Å². The van der Waals surface area contributed by atoms with Gasteiger partial charge in [-0.05, 0) is 6.92 Å². The molecule has 0 spiro atoms. The number of aryl methyl sites for hydroxylation is 2. The van der Waals surface area contributed by atoms with Crippen molar-refractivity contribution in [1.29, 1.82) is 0 Å². The first-order valence-corrected chi connectivity index (χ1v) is 5.05. The maximum atomic E-state index is 12.0. The van der Waals surface area contributed by atoms with E-state index in [0.29, 0.717) is 32.0 Å². The molecule has 0 aliphatic carbocycles. The van der Waals surface area contributed by atoms with Crippen LogP contribution in [0.3, 0.4) is 0 Å². The average Bonchev–Trinajstić information content (AvgIpc) is 2.59.